The topological polar surface area (TPSA) is 63.6 Å². The molecular formula is C14H25N3O3S. The highest BCUT2D eigenvalue weighted by atomic mass is 32.2. The monoisotopic (exact) mass is 315 g/mol. The quantitative estimate of drug-likeness (QED) is 0.878. The van der Waals surface area contributed by atoms with E-state index in [1.165, 1.54) is 0 Å². The second-order valence-electron chi connectivity index (χ2n) is 5.63. The van der Waals surface area contributed by atoms with Crippen LogP contribution in [0, 0.1) is 0 Å². The van der Waals surface area contributed by atoms with Gasteiger partial charge in [-0.05, 0) is 26.5 Å². The van der Waals surface area contributed by atoms with Crippen molar-refractivity contribution in [1.82, 2.24) is 14.2 Å². The molecule has 1 aromatic rings. The Labute approximate surface area is 127 Å². The molecule has 0 bridgehead atoms. The van der Waals surface area contributed by atoms with Crippen molar-refractivity contribution in [3.05, 3.63) is 18.0 Å². The molecule has 1 aromatic heterocycles. The molecular weight excluding hydrogens is 290 g/mol. The molecule has 1 fully saturated rings. The molecule has 0 aliphatic carbocycles. The van der Waals surface area contributed by atoms with E-state index < -0.39 is 10.0 Å². The molecule has 2 rings (SSSR count). The third kappa shape index (κ3) is 3.48. The van der Waals surface area contributed by atoms with Crippen LogP contribution < -0.4 is 5.32 Å². The number of nitrogens with one attached hydrogen (secondary N) is 1. The van der Waals surface area contributed by atoms with Crippen LogP contribution in [-0.2, 0) is 28.4 Å². The molecule has 0 amide bonds. The van der Waals surface area contributed by atoms with Gasteiger partial charge in [0.25, 0.3) is 0 Å². The number of ether oxygens (including phenoxy) is 1. The molecule has 0 radical (unpaired) electrons. The summed E-state index contributed by atoms with van der Waals surface area (Å²) in [5, 5.41) is 3.22. The van der Waals surface area contributed by atoms with E-state index in [1.807, 2.05) is 32.4 Å². The fourth-order valence-electron chi connectivity index (χ4n) is 2.49. The summed E-state index contributed by atoms with van der Waals surface area (Å²) in [5.41, 5.74) is 0.962. The lowest BCUT2D eigenvalue weighted by molar-refractivity contribution is -0.0170. The predicted molar refractivity (Wildman–Crippen MR) is 81.6 cm³/mol. The maximum Gasteiger partial charge on any atom is 0.245 e. The summed E-state index contributed by atoms with van der Waals surface area (Å²) >= 11 is 0. The van der Waals surface area contributed by atoms with Gasteiger partial charge in [0.2, 0.25) is 10.0 Å². The minimum atomic E-state index is -3.47. The van der Waals surface area contributed by atoms with E-state index in [2.05, 4.69) is 5.32 Å². The minimum absolute atomic E-state index is 0.0686. The van der Waals surface area contributed by atoms with Gasteiger partial charge in [-0.3, -0.25) is 0 Å². The number of aryl methyl sites for hydroxylation is 1. The van der Waals surface area contributed by atoms with E-state index in [1.54, 1.807) is 16.6 Å². The third-order valence-corrected chi connectivity index (χ3v) is 5.74. The van der Waals surface area contributed by atoms with E-state index in [4.69, 9.17) is 4.74 Å². The molecule has 1 aliphatic heterocycles. The number of nitrogens with zero attached hydrogens (tertiary/aromatic N) is 2. The van der Waals surface area contributed by atoms with Crippen LogP contribution >= 0.6 is 0 Å². The second-order valence-corrected chi connectivity index (χ2v) is 7.52. The maximum atomic E-state index is 12.8. The van der Waals surface area contributed by atoms with Crippen LogP contribution in [0.25, 0.3) is 0 Å². The minimum Gasteiger partial charge on any atom is -0.375 e. The first-order chi connectivity index (χ1) is 9.86. The van der Waals surface area contributed by atoms with E-state index in [0.29, 0.717) is 24.6 Å². The lowest BCUT2D eigenvalue weighted by Gasteiger charge is -2.35. The largest absolute Gasteiger partial charge is 0.375 e. The van der Waals surface area contributed by atoms with Crippen LogP contribution in [0.3, 0.4) is 0 Å². The molecule has 120 valence electrons. The zero-order valence-electron chi connectivity index (χ0n) is 13.2. The number of morpholine rings is 1. The molecule has 1 N–H and O–H groups in total. The Bertz CT molecular complexity index is 582. The summed E-state index contributed by atoms with van der Waals surface area (Å²) in [6, 6.07) is 1.62. The Hall–Kier alpha value is -0.890. The number of aromatic nitrogens is 1. The smallest absolute Gasteiger partial charge is 0.245 e. The summed E-state index contributed by atoms with van der Waals surface area (Å²) in [4.78, 5) is 0.360. The Balaban J connectivity index is 2.26. The van der Waals surface area contributed by atoms with Crippen LogP contribution in [-0.4, -0.2) is 49.1 Å². The first-order valence-corrected chi connectivity index (χ1v) is 8.79. The van der Waals surface area contributed by atoms with Gasteiger partial charge in [0.15, 0.2) is 0 Å². The van der Waals surface area contributed by atoms with E-state index in [9.17, 15) is 8.42 Å². The van der Waals surface area contributed by atoms with Gasteiger partial charge in [0.05, 0.1) is 12.7 Å². The molecule has 0 spiro atoms. The van der Waals surface area contributed by atoms with Crippen molar-refractivity contribution in [3.8, 4) is 0 Å². The summed E-state index contributed by atoms with van der Waals surface area (Å²) in [6.45, 7) is 8.17. The van der Waals surface area contributed by atoms with Crippen LogP contribution in [0.1, 0.15) is 26.5 Å². The fraction of sp³-hybridized carbons (Fsp3) is 0.714. The zero-order chi connectivity index (χ0) is 15.6. The van der Waals surface area contributed by atoms with Crippen molar-refractivity contribution in [2.24, 2.45) is 7.05 Å². The predicted octanol–water partition coefficient (Wildman–Crippen LogP) is 0.932. The molecule has 0 aromatic carbocycles. The normalized spacial score (nSPS) is 24.4. The molecule has 21 heavy (non-hydrogen) atoms. The van der Waals surface area contributed by atoms with Crippen molar-refractivity contribution in [3.63, 3.8) is 0 Å². The molecule has 2 atom stereocenters. The molecule has 6 nitrogen and oxygen atoms in total. The number of hydrogen-bond donors (Lipinski definition) is 1. The Morgan fingerprint density at radius 2 is 2.14 bits per heavy atom. The lowest BCUT2D eigenvalue weighted by atomic mass is 10.2. The van der Waals surface area contributed by atoms with Crippen molar-refractivity contribution in [2.75, 3.05) is 19.7 Å². The lowest BCUT2D eigenvalue weighted by Crippen LogP contribution is -2.49. The van der Waals surface area contributed by atoms with Gasteiger partial charge in [0.1, 0.15) is 4.90 Å². The fourth-order valence-corrected chi connectivity index (χ4v) is 4.28. The Morgan fingerprint density at radius 3 is 2.81 bits per heavy atom. The second kappa shape index (κ2) is 6.48. The Kier molecular flexibility index (Phi) is 5.08. The highest BCUT2D eigenvalue weighted by molar-refractivity contribution is 7.89. The SMILES string of the molecule is CCNCc1cc(S(=O)(=O)N2CC(C)OCC2C)cn1C. The van der Waals surface area contributed by atoms with Crippen LogP contribution in [0.4, 0.5) is 0 Å². The summed E-state index contributed by atoms with van der Waals surface area (Å²) in [7, 11) is -1.59. The average Bonchev–Trinajstić information content (AvgIpc) is 2.81. The first kappa shape index (κ1) is 16.5. The molecule has 1 aliphatic rings. The zero-order valence-corrected chi connectivity index (χ0v) is 14.0. The standard InChI is InChI=1S/C14H25N3O3S/c1-5-15-7-13-6-14(9-16(13)4)21(18,19)17-8-12(3)20-10-11(17)2/h6,9,11-12,15H,5,7-8,10H2,1-4H3. The highest BCUT2D eigenvalue weighted by Gasteiger charge is 2.34. The van der Waals surface area contributed by atoms with Crippen LogP contribution in [0.15, 0.2) is 17.2 Å². The summed E-state index contributed by atoms with van der Waals surface area (Å²) < 4.78 is 34.6. The number of hydrogen-bond acceptors (Lipinski definition) is 4. The first-order valence-electron chi connectivity index (χ1n) is 7.35. The van der Waals surface area contributed by atoms with E-state index in [0.717, 1.165) is 12.2 Å². The van der Waals surface area contributed by atoms with Crippen LogP contribution in [0.2, 0.25) is 0 Å². The van der Waals surface area contributed by atoms with Crippen molar-refractivity contribution in [1.29, 1.82) is 0 Å². The summed E-state index contributed by atoms with van der Waals surface area (Å²) in [6.07, 6.45) is 1.62. The molecule has 0 saturated carbocycles. The summed E-state index contributed by atoms with van der Waals surface area (Å²) in [5.74, 6) is 0. The molecule has 2 heterocycles. The highest BCUT2D eigenvalue weighted by Crippen LogP contribution is 2.23. The van der Waals surface area contributed by atoms with Gasteiger partial charge in [0, 0.05) is 38.1 Å². The van der Waals surface area contributed by atoms with Crippen molar-refractivity contribution >= 4 is 10.0 Å². The van der Waals surface area contributed by atoms with Gasteiger partial charge in [-0.1, -0.05) is 6.92 Å². The molecule has 1 saturated heterocycles. The van der Waals surface area contributed by atoms with E-state index >= 15 is 0 Å². The van der Waals surface area contributed by atoms with Gasteiger partial charge in [-0.2, -0.15) is 4.31 Å². The van der Waals surface area contributed by atoms with Gasteiger partial charge in [-0.25, -0.2) is 8.42 Å². The Morgan fingerprint density at radius 1 is 1.43 bits per heavy atom. The van der Waals surface area contributed by atoms with Crippen molar-refractivity contribution < 1.29 is 13.2 Å². The van der Waals surface area contributed by atoms with E-state index in [-0.39, 0.29) is 12.1 Å². The maximum absolute atomic E-state index is 12.8. The van der Waals surface area contributed by atoms with Gasteiger partial charge in [-0.15, -0.1) is 0 Å². The van der Waals surface area contributed by atoms with Gasteiger partial charge >= 0.3 is 0 Å². The number of rotatable bonds is 5. The third-order valence-electron chi connectivity index (χ3n) is 3.80. The molecule has 2 unspecified atom stereocenters. The van der Waals surface area contributed by atoms with Crippen LogP contribution in [0.5, 0.6) is 0 Å². The van der Waals surface area contributed by atoms with Gasteiger partial charge < -0.3 is 14.6 Å². The average molecular weight is 315 g/mol. The number of sulfonamides is 1. The molecule has 7 heteroatoms. The van der Waals surface area contributed by atoms with Crippen molar-refractivity contribution in [2.45, 2.75) is 44.4 Å².